The van der Waals surface area contributed by atoms with Crippen molar-refractivity contribution in [2.75, 3.05) is 30.3 Å². The number of nitrogens with two attached hydrogens (primary N) is 1. The van der Waals surface area contributed by atoms with Gasteiger partial charge in [0.05, 0.1) is 13.1 Å². The molecule has 1 heterocycles. The summed E-state index contributed by atoms with van der Waals surface area (Å²) in [5, 5.41) is 0. The van der Waals surface area contributed by atoms with Crippen LogP contribution in [0.2, 0.25) is 0 Å². The van der Waals surface area contributed by atoms with E-state index in [4.69, 9.17) is 10.5 Å². The highest BCUT2D eigenvalue weighted by molar-refractivity contribution is 5.62. The third-order valence-corrected chi connectivity index (χ3v) is 5.06. The lowest BCUT2D eigenvalue weighted by Crippen LogP contribution is -2.40. The van der Waals surface area contributed by atoms with Gasteiger partial charge in [-0.15, -0.1) is 0 Å². The fourth-order valence-corrected chi connectivity index (χ4v) is 3.35. The van der Waals surface area contributed by atoms with E-state index in [0.29, 0.717) is 31.3 Å². The third kappa shape index (κ3) is 6.01. The molecule has 0 aliphatic heterocycles. The highest BCUT2D eigenvalue weighted by atomic mass is 16.5. The lowest BCUT2D eigenvalue weighted by Gasteiger charge is -2.27. The molecule has 0 atom stereocenters. The van der Waals surface area contributed by atoms with Crippen molar-refractivity contribution in [3.05, 3.63) is 87.1 Å². The molecule has 0 amide bonds. The molecule has 0 radical (unpaired) electrons. The molecule has 0 aliphatic rings. The first-order chi connectivity index (χ1) is 15.0. The zero-order valence-electron chi connectivity index (χ0n) is 18.1. The van der Waals surface area contributed by atoms with Gasteiger partial charge in [0, 0.05) is 6.54 Å². The molecule has 0 saturated carbocycles. The SMILES string of the molecule is CC(C)CCN(CCOc1ccccc1)c1c(N)n(Cc2ccccc2)c(=O)[nH]c1=O. The number of hydrogen-bond donors (Lipinski definition) is 2. The van der Waals surface area contributed by atoms with Gasteiger partial charge in [-0.3, -0.25) is 14.3 Å². The number of hydrogen-bond acceptors (Lipinski definition) is 5. The first-order valence-electron chi connectivity index (χ1n) is 10.5. The number of nitrogens with zero attached hydrogens (tertiary/aromatic N) is 2. The van der Waals surface area contributed by atoms with Crippen LogP contribution >= 0.6 is 0 Å². The van der Waals surface area contributed by atoms with Crippen molar-refractivity contribution in [3.63, 3.8) is 0 Å². The van der Waals surface area contributed by atoms with Crippen molar-refractivity contribution in [1.29, 1.82) is 0 Å². The Morgan fingerprint density at radius 2 is 1.65 bits per heavy atom. The summed E-state index contributed by atoms with van der Waals surface area (Å²) in [6, 6.07) is 19.1. The average molecular weight is 423 g/mol. The van der Waals surface area contributed by atoms with E-state index in [1.54, 1.807) is 0 Å². The third-order valence-electron chi connectivity index (χ3n) is 5.06. The predicted molar refractivity (Wildman–Crippen MR) is 125 cm³/mol. The number of ether oxygens (including phenoxy) is 1. The molecule has 31 heavy (non-hydrogen) atoms. The summed E-state index contributed by atoms with van der Waals surface area (Å²) in [4.78, 5) is 29.6. The zero-order chi connectivity index (χ0) is 22.2. The zero-order valence-corrected chi connectivity index (χ0v) is 18.1. The minimum absolute atomic E-state index is 0.168. The minimum atomic E-state index is -0.514. The average Bonchev–Trinajstić information content (AvgIpc) is 2.76. The first kappa shape index (κ1) is 22.2. The van der Waals surface area contributed by atoms with E-state index in [0.717, 1.165) is 17.7 Å². The fraction of sp³-hybridized carbons (Fsp3) is 0.333. The molecule has 0 saturated heterocycles. The number of rotatable bonds is 10. The van der Waals surface area contributed by atoms with Gasteiger partial charge in [-0.05, 0) is 30.0 Å². The maximum Gasteiger partial charge on any atom is 0.330 e. The number of anilines is 2. The molecule has 2 aromatic carbocycles. The summed E-state index contributed by atoms with van der Waals surface area (Å²) in [5.74, 6) is 1.39. The van der Waals surface area contributed by atoms with Crippen LogP contribution in [0.4, 0.5) is 11.5 Å². The van der Waals surface area contributed by atoms with Gasteiger partial charge in [-0.1, -0.05) is 62.4 Å². The number of nitrogens with one attached hydrogen (secondary N) is 1. The summed E-state index contributed by atoms with van der Waals surface area (Å²) >= 11 is 0. The highest BCUT2D eigenvalue weighted by Gasteiger charge is 2.19. The minimum Gasteiger partial charge on any atom is -0.492 e. The second-order valence-electron chi connectivity index (χ2n) is 7.90. The van der Waals surface area contributed by atoms with Gasteiger partial charge >= 0.3 is 5.69 Å². The second-order valence-corrected chi connectivity index (χ2v) is 7.90. The molecule has 3 N–H and O–H groups in total. The van der Waals surface area contributed by atoms with Crippen LogP contribution in [-0.2, 0) is 6.54 Å². The quantitative estimate of drug-likeness (QED) is 0.524. The fourth-order valence-electron chi connectivity index (χ4n) is 3.35. The molecular formula is C24H30N4O3. The van der Waals surface area contributed by atoms with E-state index < -0.39 is 11.2 Å². The van der Waals surface area contributed by atoms with E-state index in [1.165, 1.54) is 4.57 Å². The number of aromatic nitrogens is 2. The van der Waals surface area contributed by atoms with Crippen molar-refractivity contribution in [3.8, 4) is 5.75 Å². The van der Waals surface area contributed by atoms with E-state index in [2.05, 4.69) is 18.8 Å². The van der Waals surface area contributed by atoms with Crippen LogP contribution < -0.4 is 26.6 Å². The number of H-pyrrole nitrogens is 1. The largest absolute Gasteiger partial charge is 0.492 e. The van der Waals surface area contributed by atoms with Crippen molar-refractivity contribution in [2.45, 2.75) is 26.8 Å². The van der Waals surface area contributed by atoms with E-state index in [1.807, 2.05) is 65.6 Å². The summed E-state index contributed by atoms with van der Waals surface area (Å²) in [6.45, 7) is 6.03. The van der Waals surface area contributed by atoms with Crippen LogP contribution in [0.25, 0.3) is 0 Å². The Morgan fingerprint density at radius 3 is 2.29 bits per heavy atom. The van der Waals surface area contributed by atoms with E-state index in [-0.39, 0.29) is 12.4 Å². The van der Waals surface area contributed by atoms with Gasteiger partial charge in [0.15, 0.2) is 0 Å². The highest BCUT2D eigenvalue weighted by Crippen LogP contribution is 2.19. The van der Waals surface area contributed by atoms with Crippen LogP contribution in [0.15, 0.2) is 70.3 Å². The predicted octanol–water partition coefficient (Wildman–Crippen LogP) is 3.10. The second kappa shape index (κ2) is 10.5. The topological polar surface area (TPSA) is 93.3 Å². The maximum atomic E-state index is 12.8. The van der Waals surface area contributed by atoms with Gasteiger partial charge in [0.25, 0.3) is 5.56 Å². The molecule has 3 rings (SSSR count). The normalized spacial score (nSPS) is 10.9. The number of nitrogen functional groups attached to an aromatic ring is 1. The molecule has 1 aromatic heterocycles. The summed E-state index contributed by atoms with van der Waals surface area (Å²) in [6.07, 6.45) is 0.877. The van der Waals surface area contributed by atoms with E-state index in [9.17, 15) is 9.59 Å². The van der Waals surface area contributed by atoms with Crippen LogP contribution in [0, 0.1) is 5.92 Å². The molecule has 7 nitrogen and oxygen atoms in total. The van der Waals surface area contributed by atoms with Crippen molar-refractivity contribution >= 4 is 11.5 Å². The molecule has 0 unspecified atom stereocenters. The van der Waals surface area contributed by atoms with Crippen molar-refractivity contribution < 1.29 is 4.74 Å². The number of aromatic amines is 1. The van der Waals surface area contributed by atoms with Crippen LogP contribution in [0.5, 0.6) is 5.75 Å². The van der Waals surface area contributed by atoms with Crippen LogP contribution in [-0.4, -0.2) is 29.2 Å². The lowest BCUT2D eigenvalue weighted by atomic mass is 10.1. The Kier molecular flexibility index (Phi) is 7.54. The molecule has 164 valence electrons. The maximum absolute atomic E-state index is 12.8. The first-order valence-corrected chi connectivity index (χ1v) is 10.5. The molecule has 0 bridgehead atoms. The van der Waals surface area contributed by atoms with Gasteiger partial charge in [0.2, 0.25) is 0 Å². The lowest BCUT2D eigenvalue weighted by molar-refractivity contribution is 0.322. The van der Waals surface area contributed by atoms with Crippen molar-refractivity contribution in [2.24, 2.45) is 5.92 Å². The summed E-state index contributed by atoms with van der Waals surface area (Å²) in [5.41, 5.74) is 6.63. The molecule has 7 heteroatoms. The Balaban J connectivity index is 1.88. The summed E-state index contributed by atoms with van der Waals surface area (Å²) in [7, 11) is 0. The van der Waals surface area contributed by atoms with Gasteiger partial charge in [-0.2, -0.15) is 0 Å². The molecule has 0 spiro atoms. The summed E-state index contributed by atoms with van der Waals surface area (Å²) < 4.78 is 7.24. The Labute approximate surface area is 182 Å². The number of benzene rings is 2. The molecule has 0 fully saturated rings. The van der Waals surface area contributed by atoms with Gasteiger partial charge in [-0.25, -0.2) is 4.79 Å². The Hall–Kier alpha value is -3.48. The molecule has 3 aromatic rings. The van der Waals surface area contributed by atoms with Gasteiger partial charge in [0.1, 0.15) is 23.9 Å². The number of para-hydroxylation sites is 1. The standard InChI is InChI=1S/C24H30N4O3/c1-18(2)13-14-27(15-16-31-20-11-7-4-8-12-20)21-22(25)28(24(30)26-23(21)29)17-19-9-5-3-6-10-19/h3-12,18H,13-17,25H2,1-2H3,(H,26,29,30). The van der Waals surface area contributed by atoms with E-state index >= 15 is 0 Å². The van der Waals surface area contributed by atoms with Gasteiger partial charge < -0.3 is 15.4 Å². The molecular weight excluding hydrogens is 392 g/mol. The Bertz CT molecular complexity index is 1080. The van der Waals surface area contributed by atoms with Crippen LogP contribution in [0.3, 0.4) is 0 Å². The van der Waals surface area contributed by atoms with Crippen molar-refractivity contribution in [1.82, 2.24) is 9.55 Å². The Morgan fingerprint density at radius 1 is 1.00 bits per heavy atom. The smallest absolute Gasteiger partial charge is 0.330 e. The van der Waals surface area contributed by atoms with Crippen LogP contribution in [0.1, 0.15) is 25.8 Å². The monoisotopic (exact) mass is 422 g/mol. The molecule has 0 aliphatic carbocycles.